The summed E-state index contributed by atoms with van der Waals surface area (Å²) in [5, 5.41) is 19.7. The number of non-ortho nitro benzene ring substituents is 1. The minimum absolute atomic E-state index is 0.0437. The molecule has 0 aromatic heterocycles. The number of nitriles is 1. The zero-order chi connectivity index (χ0) is 12.8. The fourth-order valence-electron chi connectivity index (χ4n) is 1.72. The molecule has 0 N–H and O–H groups in total. The van der Waals surface area contributed by atoms with Crippen molar-refractivity contribution >= 4 is 11.4 Å². The highest BCUT2D eigenvalue weighted by molar-refractivity contribution is 5.62. The van der Waals surface area contributed by atoms with Crippen LogP contribution in [-0.2, 0) is 0 Å². The molecule has 5 nitrogen and oxygen atoms in total. The van der Waals surface area contributed by atoms with E-state index in [1.807, 2.05) is 17.9 Å². The average Bonchev–Trinajstić information content (AvgIpc) is 2.35. The molecule has 0 saturated heterocycles. The van der Waals surface area contributed by atoms with Crippen LogP contribution in [0.15, 0.2) is 18.2 Å². The predicted octanol–water partition coefficient (Wildman–Crippen LogP) is 2.70. The molecule has 0 amide bonds. The maximum absolute atomic E-state index is 10.6. The van der Waals surface area contributed by atoms with Crippen molar-refractivity contribution in [3.63, 3.8) is 0 Å². The molecule has 0 heterocycles. The number of nitro benzene ring substituents is 1. The number of nitro groups is 1. The van der Waals surface area contributed by atoms with E-state index >= 15 is 0 Å². The molecule has 5 heteroatoms. The summed E-state index contributed by atoms with van der Waals surface area (Å²) in [6, 6.07) is 6.43. The van der Waals surface area contributed by atoms with Gasteiger partial charge in [0.25, 0.3) is 5.69 Å². The van der Waals surface area contributed by atoms with Crippen LogP contribution in [-0.4, -0.2) is 18.0 Å². The molecule has 1 aromatic rings. The Bertz CT molecular complexity index is 452. The Kier molecular flexibility index (Phi) is 4.46. The van der Waals surface area contributed by atoms with Crippen LogP contribution in [0.2, 0.25) is 0 Å². The molecular weight excluding hydrogens is 218 g/mol. The van der Waals surface area contributed by atoms with E-state index in [2.05, 4.69) is 6.92 Å². The van der Waals surface area contributed by atoms with Gasteiger partial charge in [-0.1, -0.05) is 6.92 Å². The van der Waals surface area contributed by atoms with Gasteiger partial charge in [-0.3, -0.25) is 10.1 Å². The number of hydrogen-bond acceptors (Lipinski definition) is 4. The van der Waals surface area contributed by atoms with Crippen molar-refractivity contribution in [1.29, 1.82) is 5.26 Å². The lowest BCUT2D eigenvalue weighted by Crippen LogP contribution is -2.24. The van der Waals surface area contributed by atoms with Crippen molar-refractivity contribution in [2.24, 2.45) is 0 Å². The molecule has 0 aliphatic rings. The highest BCUT2D eigenvalue weighted by Gasteiger charge is 2.14. The van der Waals surface area contributed by atoms with Crippen LogP contribution in [0.4, 0.5) is 11.4 Å². The molecule has 0 atom stereocenters. The minimum Gasteiger partial charge on any atom is -0.371 e. The van der Waals surface area contributed by atoms with Gasteiger partial charge in [0.1, 0.15) is 6.07 Å². The van der Waals surface area contributed by atoms with Crippen LogP contribution in [0.1, 0.15) is 25.8 Å². The molecule has 1 rings (SSSR count). The quantitative estimate of drug-likeness (QED) is 0.579. The lowest BCUT2D eigenvalue weighted by molar-refractivity contribution is -0.384. The van der Waals surface area contributed by atoms with E-state index in [4.69, 9.17) is 5.26 Å². The first kappa shape index (κ1) is 13.0. The van der Waals surface area contributed by atoms with E-state index in [0.29, 0.717) is 5.56 Å². The first-order valence-electron chi connectivity index (χ1n) is 5.57. The normalized spacial score (nSPS) is 9.71. The van der Waals surface area contributed by atoms with Gasteiger partial charge in [0, 0.05) is 25.2 Å². The van der Waals surface area contributed by atoms with Crippen LogP contribution < -0.4 is 4.90 Å². The Labute approximate surface area is 100 Å². The Hall–Kier alpha value is -2.09. The first-order valence-corrected chi connectivity index (χ1v) is 5.57. The molecule has 0 aliphatic carbocycles. The second kappa shape index (κ2) is 5.85. The highest BCUT2D eigenvalue weighted by atomic mass is 16.6. The average molecular weight is 233 g/mol. The van der Waals surface area contributed by atoms with E-state index in [-0.39, 0.29) is 5.69 Å². The van der Waals surface area contributed by atoms with Gasteiger partial charge >= 0.3 is 0 Å². The number of rotatable bonds is 5. The SMILES string of the molecule is CCCN(CC)c1ccc([N+](=O)[O-])cc1C#N. The molecule has 1 aromatic carbocycles. The van der Waals surface area contributed by atoms with Crippen molar-refractivity contribution in [3.8, 4) is 6.07 Å². The summed E-state index contributed by atoms with van der Waals surface area (Å²) >= 11 is 0. The summed E-state index contributed by atoms with van der Waals surface area (Å²) in [7, 11) is 0. The lowest BCUT2D eigenvalue weighted by atomic mass is 10.1. The lowest BCUT2D eigenvalue weighted by Gasteiger charge is -2.23. The van der Waals surface area contributed by atoms with Crippen LogP contribution in [0.3, 0.4) is 0 Å². The summed E-state index contributed by atoms with van der Waals surface area (Å²) < 4.78 is 0. The molecule has 0 saturated carbocycles. The summed E-state index contributed by atoms with van der Waals surface area (Å²) in [5.41, 5.74) is 1.08. The molecule has 0 bridgehead atoms. The van der Waals surface area contributed by atoms with Crippen LogP contribution >= 0.6 is 0 Å². The molecule has 0 aliphatic heterocycles. The second-order valence-corrected chi connectivity index (χ2v) is 3.65. The Morgan fingerprint density at radius 1 is 1.47 bits per heavy atom. The van der Waals surface area contributed by atoms with Gasteiger partial charge in [0.2, 0.25) is 0 Å². The number of benzene rings is 1. The molecule has 0 unspecified atom stereocenters. The maximum Gasteiger partial charge on any atom is 0.270 e. The third-order valence-electron chi connectivity index (χ3n) is 2.53. The van der Waals surface area contributed by atoms with Crippen LogP contribution in [0.5, 0.6) is 0 Å². The highest BCUT2D eigenvalue weighted by Crippen LogP contribution is 2.24. The van der Waals surface area contributed by atoms with Gasteiger partial charge in [-0.15, -0.1) is 0 Å². The number of hydrogen-bond donors (Lipinski definition) is 0. The molecule has 17 heavy (non-hydrogen) atoms. The van der Waals surface area contributed by atoms with Crippen molar-refractivity contribution in [1.82, 2.24) is 0 Å². The van der Waals surface area contributed by atoms with E-state index in [0.717, 1.165) is 25.2 Å². The third-order valence-corrected chi connectivity index (χ3v) is 2.53. The standard InChI is InChI=1S/C12H15N3O2/c1-3-7-14(4-2)12-6-5-11(15(16)17)8-10(12)9-13/h5-6,8H,3-4,7H2,1-2H3. The minimum atomic E-state index is -0.485. The zero-order valence-electron chi connectivity index (χ0n) is 10.0. The summed E-state index contributed by atoms with van der Waals surface area (Å²) in [6.45, 7) is 5.67. The first-order chi connectivity index (χ1) is 8.13. The molecule has 0 radical (unpaired) electrons. The van der Waals surface area contributed by atoms with Gasteiger partial charge in [-0.25, -0.2) is 0 Å². The molecule has 0 fully saturated rings. The number of anilines is 1. The topological polar surface area (TPSA) is 70.2 Å². The van der Waals surface area contributed by atoms with Gasteiger partial charge in [-0.2, -0.15) is 5.26 Å². The van der Waals surface area contributed by atoms with E-state index in [1.165, 1.54) is 12.1 Å². The smallest absolute Gasteiger partial charge is 0.270 e. The Balaban J connectivity index is 3.16. The Morgan fingerprint density at radius 3 is 2.65 bits per heavy atom. The third kappa shape index (κ3) is 2.94. The monoisotopic (exact) mass is 233 g/mol. The maximum atomic E-state index is 10.6. The second-order valence-electron chi connectivity index (χ2n) is 3.65. The Morgan fingerprint density at radius 2 is 2.18 bits per heavy atom. The fourth-order valence-corrected chi connectivity index (χ4v) is 1.72. The summed E-state index contributed by atoms with van der Waals surface area (Å²) in [6.07, 6.45) is 0.968. The summed E-state index contributed by atoms with van der Waals surface area (Å²) in [4.78, 5) is 12.2. The molecule has 90 valence electrons. The van der Waals surface area contributed by atoms with Crippen molar-refractivity contribution in [3.05, 3.63) is 33.9 Å². The van der Waals surface area contributed by atoms with Gasteiger partial charge in [-0.05, 0) is 19.4 Å². The largest absolute Gasteiger partial charge is 0.371 e. The van der Waals surface area contributed by atoms with Gasteiger partial charge < -0.3 is 4.90 Å². The predicted molar refractivity (Wildman–Crippen MR) is 66.0 cm³/mol. The molecule has 0 spiro atoms. The van der Waals surface area contributed by atoms with Crippen LogP contribution in [0.25, 0.3) is 0 Å². The van der Waals surface area contributed by atoms with E-state index in [1.54, 1.807) is 6.07 Å². The fraction of sp³-hybridized carbons (Fsp3) is 0.417. The van der Waals surface area contributed by atoms with Crippen molar-refractivity contribution in [2.75, 3.05) is 18.0 Å². The summed E-state index contributed by atoms with van der Waals surface area (Å²) in [5.74, 6) is 0. The van der Waals surface area contributed by atoms with Gasteiger partial charge in [0.15, 0.2) is 0 Å². The van der Waals surface area contributed by atoms with Gasteiger partial charge in [0.05, 0.1) is 16.2 Å². The van der Waals surface area contributed by atoms with Crippen molar-refractivity contribution in [2.45, 2.75) is 20.3 Å². The van der Waals surface area contributed by atoms with Crippen molar-refractivity contribution < 1.29 is 4.92 Å². The number of nitrogens with zero attached hydrogens (tertiary/aromatic N) is 3. The molecular formula is C12H15N3O2. The van der Waals surface area contributed by atoms with E-state index < -0.39 is 4.92 Å². The van der Waals surface area contributed by atoms with E-state index in [9.17, 15) is 10.1 Å². The zero-order valence-corrected chi connectivity index (χ0v) is 10.0. The van der Waals surface area contributed by atoms with Crippen LogP contribution in [0, 0.1) is 21.4 Å².